The Morgan fingerprint density at radius 2 is 2.14 bits per heavy atom. The Bertz CT molecular complexity index is 545. The van der Waals surface area contributed by atoms with Gasteiger partial charge in [-0.3, -0.25) is 9.69 Å². The van der Waals surface area contributed by atoms with Gasteiger partial charge in [-0.25, -0.2) is 0 Å². The van der Waals surface area contributed by atoms with Crippen molar-refractivity contribution >= 4 is 45.8 Å². The molecule has 0 spiro atoms. The van der Waals surface area contributed by atoms with Gasteiger partial charge in [-0.2, -0.15) is 0 Å². The minimum absolute atomic E-state index is 0.293. The van der Waals surface area contributed by atoms with E-state index in [4.69, 9.17) is 17.3 Å². The van der Waals surface area contributed by atoms with Gasteiger partial charge in [0, 0.05) is 30.8 Å². The van der Waals surface area contributed by atoms with E-state index in [1.54, 1.807) is 19.2 Å². The summed E-state index contributed by atoms with van der Waals surface area (Å²) < 4.78 is 0.924. The highest BCUT2D eigenvalue weighted by molar-refractivity contribution is 14.1. The molecule has 1 saturated heterocycles. The van der Waals surface area contributed by atoms with Crippen LogP contribution in [-0.4, -0.2) is 40.6 Å². The summed E-state index contributed by atoms with van der Waals surface area (Å²) in [5, 5.41) is 14.0. The summed E-state index contributed by atoms with van der Waals surface area (Å²) >= 11 is 8.38. The van der Waals surface area contributed by atoms with Crippen LogP contribution in [0, 0.1) is 0 Å². The van der Waals surface area contributed by atoms with Gasteiger partial charge in [0.15, 0.2) is 0 Å². The van der Waals surface area contributed by atoms with Crippen molar-refractivity contribution in [3.63, 3.8) is 0 Å². The molecule has 7 heteroatoms. The molecule has 4 N–H and O–H groups in total. The lowest BCUT2D eigenvalue weighted by Gasteiger charge is -2.38. The molecule has 2 rings (SSSR count). The van der Waals surface area contributed by atoms with E-state index in [1.165, 1.54) is 0 Å². The molecular weight excluding hydrogens is 405 g/mol. The second-order valence-corrected chi connectivity index (χ2v) is 6.38. The third-order valence-corrected chi connectivity index (χ3v) is 5.12. The fourth-order valence-electron chi connectivity index (χ4n) is 2.69. The van der Waals surface area contributed by atoms with Crippen LogP contribution in [0.25, 0.3) is 0 Å². The quantitative estimate of drug-likeness (QED) is 0.301. The third-order valence-electron chi connectivity index (χ3n) is 3.94. The number of benzene rings is 1. The van der Waals surface area contributed by atoms with Gasteiger partial charge in [0.05, 0.1) is 15.7 Å². The minimum atomic E-state index is -1.07. The average Bonchev–Trinajstić information content (AvgIpc) is 2.46. The monoisotopic (exact) mass is 423 g/mol. The molecule has 0 aromatic heterocycles. The largest absolute Gasteiger partial charge is 0.398 e. The van der Waals surface area contributed by atoms with Crippen LogP contribution in [0.5, 0.6) is 0 Å². The normalized spacial score (nSPS) is 18.5. The Morgan fingerprint density at radius 1 is 1.52 bits per heavy atom. The van der Waals surface area contributed by atoms with Gasteiger partial charge < -0.3 is 16.2 Å². The van der Waals surface area contributed by atoms with Crippen LogP contribution in [0.2, 0.25) is 5.02 Å². The lowest BCUT2D eigenvalue weighted by Crippen LogP contribution is -2.43. The Kier molecular flexibility index (Phi) is 5.34. The zero-order valence-corrected chi connectivity index (χ0v) is 14.7. The second kappa shape index (κ2) is 6.68. The number of anilines is 1. The number of aliphatic hydroxyl groups is 1. The van der Waals surface area contributed by atoms with E-state index in [0.717, 1.165) is 17.6 Å². The van der Waals surface area contributed by atoms with Gasteiger partial charge in [0.2, 0.25) is 0 Å². The number of hydrogen-bond donors (Lipinski definition) is 3. The van der Waals surface area contributed by atoms with Crippen molar-refractivity contribution in [1.82, 2.24) is 10.2 Å². The van der Waals surface area contributed by atoms with Crippen molar-refractivity contribution < 1.29 is 9.90 Å². The number of rotatable bonds is 3. The number of piperidine rings is 1. The second-order valence-electron chi connectivity index (χ2n) is 5.27. The van der Waals surface area contributed by atoms with Crippen LogP contribution in [0.15, 0.2) is 12.1 Å². The van der Waals surface area contributed by atoms with E-state index >= 15 is 0 Å². The molecule has 5 nitrogen and oxygen atoms in total. The number of nitrogens with one attached hydrogen (secondary N) is 1. The molecule has 0 atom stereocenters. The van der Waals surface area contributed by atoms with Gasteiger partial charge in [0.1, 0.15) is 0 Å². The van der Waals surface area contributed by atoms with E-state index < -0.39 is 5.60 Å². The first-order valence-corrected chi connectivity index (χ1v) is 8.64. The first-order valence-electron chi connectivity index (χ1n) is 6.73. The number of hydrogen-bond acceptors (Lipinski definition) is 4. The Balaban J connectivity index is 2.45. The van der Waals surface area contributed by atoms with Gasteiger partial charge in [0.25, 0.3) is 5.91 Å². The Morgan fingerprint density at radius 3 is 2.67 bits per heavy atom. The molecule has 1 aromatic carbocycles. The van der Waals surface area contributed by atoms with E-state index in [1.807, 2.05) is 0 Å². The van der Waals surface area contributed by atoms with E-state index in [0.29, 0.717) is 34.7 Å². The van der Waals surface area contributed by atoms with Crippen LogP contribution in [0.3, 0.4) is 0 Å². The van der Waals surface area contributed by atoms with Crippen molar-refractivity contribution in [2.45, 2.75) is 18.4 Å². The van der Waals surface area contributed by atoms with E-state index in [2.05, 4.69) is 32.8 Å². The zero-order chi connectivity index (χ0) is 15.6. The molecule has 1 fully saturated rings. The van der Waals surface area contributed by atoms with Crippen molar-refractivity contribution in [2.24, 2.45) is 0 Å². The van der Waals surface area contributed by atoms with Gasteiger partial charge >= 0.3 is 0 Å². The summed E-state index contributed by atoms with van der Waals surface area (Å²) in [4.78, 5) is 14.4. The minimum Gasteiger partial charge on any atom is -0.398 e. The standard InChI is InChI=1S/C14H19ClIN3O2/c1-18-13(20)12-10(6-9(15)7-11(12)17)14(21)2-4-19(8-16)5-3-14/h6-7,21H,2-5,8,17H2,1H3,(H,18,20). The van der Waals surface area contributed by atoms with Gasteiger partial charge in [-0.05, 0) is 30.5 Å². The summed E-state index contributed by atoms with van der Waals surface area (Å²) in [7, 11) is 1.54. The highest BCUT2D eigenvalue weighted by atomic mass is 127. The molecule has 1 heterocycles. The number of nitrogens with zero attached hydrogens (tertiary/aromatic N) is 1. The lowest BCUT2D eigenvalue weighted by molar-refractivity contribution is -0.0214. The molecule has 0 saturated carbocycles. The lowest BCUT2D eigenvalue weighted by atomic mass is 9.81. The molecule has 0 unspecified atom stereocenters. The summed E-state index contributed by atoms with van der Waals surface area (Å²) in [6.07, 6.45) is 1.11. The smallest absolute Gasteiger partial charge is 0.253 e. The summed E-state index contributed by atoms with van der Waals surface area (Å²) in [5.41, 5.74) is 6.03. The maximum atomic E-state index is 12.1. The van der Waals surface area contributed by atoms with Crippen molar-refractivity contribution in [2.75, 3.05) is 30.4 Å². The van der Waals surface area contributed by atoms with Crippen molar-refractivity contribution in [1.29, 1.82) is 0 Å². The topological polar surface area (TPSA) is 78.6 Å². The van der Waals surface area contributed by atoms with Crippen LogP contribution in [-0.2, 0) is 5.60 Å². The van der Waals surface area contributed by atoms with Crippen molar-refractivity contribution in [3.05, 3.63) is 28.3 Å². The molecule has 1 aromatic rings. The molecule has 0 aliphatic carbocycles. The highest BCUT2D eigenvalue weighted by Gasteiger charge is 2.37. The predicted molar refractivity (Wildman–Crippen MR) is 92.8 cm³/mol. The summed E-state index contributed by atoms with van der Waals surface area (Å²) in [6, 6.07) is 3.20. The first kappa shape index (κ1) is 16.8. The number of alkyl halides is 1. The number of likely N-dealkylation sites (tertiary alicyclic amines) is 1. The van der Waals surface area contributed by atoms with Crippen LogP contribution in [0.1, 0.15) is 28.8 Å². The number of amides is 1. The van der Waals surface area contributed by atoms with Crippen LogP contribution in [0.4, 0.5) is 5.69 Å². The number of nitrogens with two attached hydrogens (primary N) is 1. The SMILES string of the molecule is CNC(=O)c1c(N)cc(Cl)cc1C1(O)CCN(CI)CC1. The number of carbonyl (C=O) groups excluding carboxylic acids is 1. The van der Waals surface area contributed by atoms with Crippen molar-refractivity contribution in [3.8, 4) is 0 Å². The molecular formula is C14H19ClIN3O2. The van der Waals surface area contributed by atoms with Gasteiger partial charge in [-0.15, -0.1) is 0 Å². The Hall–Kier alpha value is -0.570. The summed E-state index contributed by atoms with van der Waals surface area (Å²) in [5.74, 6) is -0.302. The molecule has 1 amide bonds. The zero-order valence-electron chi connectivity index (χ0n) is 11.8. The maximum Gasteiger partial charge on any atom is 0.253 e. The fraction of sp³-hybridized carbons (Fsp3) is 0.500. The third kappa shape index (κ3) is 3.44. The predicted octanol–water partition coefficient (Wildman–Crippen LogP) is 1.96. The molecule has 1 aliphatic heterocycles. The molecule has 0 radical (unpaired) electrons. The molecule has 1 aliphatic rings. The number of carbonyl (C=O) groups is 1. The molecule has 21 heavy (non-hydrogen) atoms. The van der Waals surface area contributed by atoms with Crippen LogP contribution >= 0.6 is 34.2 Å². The maximum absolute atomic E-state index is 12.1. The van der Waals surface area contributed by atoms with Gasteiger partial charge in [-0.1, -0.05) is 34.2 Å². The average molecular weight is 424 g/mol. The molecule has 0 bridgehead atoms. The number of nitrogen functional groups attached to an aromatic ring is 1. The Labute approximate surface area is 143 Å². The van der Waals surface area contributed by atoms with E-state index in [-0.39, 0.29) is 5.91 Å². The van der Waals surface area contributed by atoms with Crippen LogP contribution < -0.4 is 11.1 Å². The highest BCUT2D eigenvalue weighted by Crippen LogP contribution is 2.38. The van der Waals surface area contributed by atoms with E-state index in [9.17, 15) is 9.90 Å². The first-order chi connectivity index (χ1) is 9.91. The number of halogens is 2. The molecule has 116 valence electrons. The summed E-state index contributed by atoms with van der Waals surface area (Å²) in [6.45, 7) is 1.55. The fourth-order valence-corrected chi connectivity index (χ4v) is 3.59.